The van der Waals surface area contributed by atoms with Crippen LogP contribution in [-0.4, -0.2) is 31.5 Å². The highest BCUT2D eigenvalue weighted by atomic mass is 35.5. The average Bonchev–Trinajstić information content (AvgIpc) is 3.15. The van der Waals surface area contributed by atoms with Gasteiger partial charge in [-0.15, -0.1) is 0 Å². The molecule has 2 heterocycles. The van der Waals surface area contributed by atoms with Crippen LogP contribution in [0, 0.1) is 0 Å². The van der Waals surface area contributed by atoms with E-state index in [0.717, 1.165) is 41.6 Å². The van der Waals surface area contributed by atoms with E-state index in [0.29, 0.717) is 0 Å². The topological polar surface area (TPSA) is 38.9 Å². The summed E-state index contributed by atoms with van der Waals surface area (Å²) in [6.07, 6.45) is 4.86. The number of aryl methyl sites for hydroxylation is 2. The number of hydrogen-bond acceptors (Lipinski definition) is 3. The Balaban J connectivity index is 1.70. The van der Waals surface area contributed by atoms with Gasteiger partial charge in [0, 0.05) is 37.5 Å². The van der Waals surface area contributed by atoms with Gasteiger partial charge < -0.3 is 0 Å². The van der Waals surface area contributed by atoms with Crippen LogP contribution in [0.1, 0.15) is 23.7 Å². The molecule has 126 valence electrons. The minimum Gasteiger partial charge on any atom is -0.298 e. The molecule has 3 rings (SSSR count). The number of rotatable bonds is 6. The van der Waals surface area contributed by atoms with Crippen molar-refractivity contribution in [2.75, 3.05) is 7.05 Å². The maximum atomic E-state index is 6.38. The van der Waals surface area contributed by atoms with Gasteiger partial charge in [0.25, 0.3) is 0 Å². The summed E-state index contributed by atoms with van der Waals surface area (Å²) >= 11 is 6.38. The minimum atomic E-state index is 0.721. The standard InChI is InChI=1S/C18H22ClN5/c1-4-17-16(18(19)23(3)21-17)13-22(2)11-14-10-20-24(12-14)15-8-6-5-7-9-15/h5-10,12H,4,11,13H2,1-3H3. The largest absolute Gasteiger partial charge is 0.298 e. The first-order valence-corrected chi connectivity index (χ1v) is 8.44. The molecule has 0 radical (unpaired) electrons. The van der Waals surface area contributed by atoms with E-state index >= 15 is 0 Å². The van der Waals surface area contributed by atoms with E-state index in [1.807, 2.05) is 48.3 Å². The molecule has 0 amide bonds. The highest BCUT2D eigenvalue weighted by molar-refractivity contribution is 6.30. The zero-order valence-corrected chi connectivity index (χ0v) is 15.0. The molecule has 5 nitrogen and oxygen atoms in total. The molecule has 0 spiro atoms. The van der Waals surface area contributed by atoms with Gasteiger partial charge in [0.15, 0.2) is 0 Å². The second-order valence-electron chi connectivity index (χ2n) is 5.99. The SMILES string of the molecule is CCc1nn(C)c(Cl)c1CN(C)Cc1cnn(-c2ccccc2)c1. The third-order valence-electron chi connectivity index (χ3n) is 4.02. The molecule has 24 heavy (non-hydrogen) atoms. The Bertz CT molecular complexity index is 806. The number of nitrogens with zero attached hydrogens (tertiary/aromatic N) is 5. The van der Waals surface area contributed by atoms with Crippen molar-refractivity contribution < 1.29 is 0 Å². The molecular weight excluding hydrogens is 322 g/mol. The second-order valence-corrected chi connectivity index (χ2v) is 6.35. The first kappa shape index (κ1) is 16.7. The predicted octanol–water partition coefficient (Wildman–Crippen LogP) is 3.45. The van der Waals surface area contributed by atoms with Gasteiger partial charge in [0.2, 0.25) is 0 Å². The number of benzene rings is 1. The summed E-state index contributed by atoms with van der Waals surface area (Å²) in [5.74, 6) is 0. The molecule has 0 aliphatic carbocycles. The van der Waals surface area contributed by atoms with Gasteiger partial charge in [-0.05, 0) is 25.6 Å². The molecule has 0 atom stereocenters. The first-order chi connectivity index (χ1) is 11.6. The van der Waals surface area contributed by atoms with Crippen LogP contribution >= 0.6 is 11.6 Å². The fourth-order valence-electron chi connectivity index (χ4n) is 2.84. The van der Waals surface area contributed by atoms with Gasteiger partial charge in [-0.25, -0.2) is 4.68 Å². The summed E-state index contributed by atoms with van der Waals surface area (Å²) in [5.41, 5.74) is 4.41. The van der Waals surface area contributed by atoms with Crippen LogP contribution < -0.4 is 0 Å². The molecule has 0 saturated carbocycles. The van der Waals surface area contributed by atoms with Crippen molar-refractivity contribution in [1.82, 2.24) is 24.5 Å². The van der Waals surface area contributed by atoms with Crippen molar-refractivity contribution in [2.45, 2.75) is 26.4 Å². The van der Waals surface area contributed by atoms with E-state index < -0.39 is 0 Å². The molecule has 0 aliphatic heterocycles. The number of halogens is 1. The van der Waals surface area contributed by atoms with E-state index in [9.17, 15) is 0 Å². The zero-order chi connectivity index (χ0) is 17.1. The monoisotopic (exact) mass is 343 g/mol. The summed E-state index contributed by atoms with van der Waals surface area (Å²) in [6, 6.07) is 10.1. The highest BCUT2D eigenvalue weighted by Gasteiger charge is 2.15. The lowest BCUT2D eigenvalue weighted by atomic mass is 10.2. The molecule has 0 bridgehead atoms. The Hall–Kier alpha value is -2.11. The molecule has 0 fully saturated rings. The Morgan fingerprint density at radius 2 is 1.92 bits per heavy atom. The Morgan fingerprint density at radius 3 is 2.62 bits per heavy atom. The normalized spacial score (nSPS) is 11.4. The Labute approximate surface area is 147 Å². The van der Waals surface area contributed by atoms with E-state index in [4.69, 9.17) is 11.6 Å². The van der Waals surface area contributed by atoms with Gasteiger partial charge in [-0.1, -0.05) is 36.7 Å². The van der Waals surface area contributed by atoms with Crippen LogP contribution in [0.15, 0.2) is 42.7 Å². The second kappa shape index (κ2) is 7.20. The summed E-state index contributed by atoms with van der Waals surface area (Å²) < 4.78 is 3.65. The molecule has 1 aromatic carbocycles. The molecule has 0 unspecified atom stereocenters. The van der Waals surface area contributed by atoms with Gasteiger partial charge in [0.05, 0.1) is 17.6 Å². The van der Waals surface area contributed by atoms with Crippen LogP contribution in [0.5, 0.6) is 0 Å². The molecule has 6 heteroatoms. The van der Waals surface area contributed by atoms with Crippen molar-refractivity contribution in [2.24, 2.45) is 7.05 Å². The third kappa shape index (κ3) is 3.52. The highest BCUT2D eigenvalue weighted by Crippen LogP contribution is 2.22. The van der Waals surface area contributed by atoms with E-state index in [2.05, 4.69) is 35.3 Å². The summed E-state index contributed by atoms with van der Waals surface area (Å²) in [6.45, 7) is 3.68. The summed E-state index contributed by atoms with van der Waals surface area (Å²) in [5, 5.41) is 9.64. The van der Waals surface area contributed by atoms with Gasteiger partial charge >= 0.3 is 0 Å². The Kier molecular flexibility index (Phi) is 5.02. The molecule has 0 N–H and O–H groups in total. The van der Waals surface area contributed by atoms with Crippen LogP contribution in [0.2, 0.25) is 5.15 Å². The quantitative estimate of drug-likeness (QED) is 0.688. The number of para-hydroxylation sites is 1. The van der Waals surface area contributed by atoms with Crippen molar-refractivity contribution in [3.8, 4) is 5.69 Å². The minimum absolute atomic E-state index is 0.721. The van der Waals surface area contributed by atoms with Crippen LogP contribution in [-0.2, 0) is 26.6 Å². The number of hydrogen-bond donors (Lipinski definition) is 0. The summed E-state index contributed by atoms with van der Waals surface area (Å²) in [4.78, 5) is 2.23. The Morgan fingerprint density at radius 1 is 1.17 bits per heavy atom. The average molecular weight is 344 g/mol. The zero-order valence-electron chi connectivity index (χ0n) is 14.3. The van der Waals surface area contributed by atoms with Crippen molar-refractivity contribution in [3.05, 3.63) is 64.7 Å². The van der Waals surface area contributed by atoms with E-state index in [-0.39, 0.29) is 0 Å². The summed E-state index contributed by atoms with van der Waals surface area (Å²) in [7, 11) is 3.97. The van der Waals surface area contributed by atoms with Crippen LogP contribution in [0.3, 0.4) is 0 Å². The third-order valence-corrected chi connectivity index (χ3v) is 4.50. The first-order valence-electron chi connectivity index (χ1n) is 8.06. The fourth-order valence-corrected chi connectivity index (χ4v) is 3.05. The smallest absolute Gasteiger partial charge is 0.131 e. The lowest BCUT2D eigenvalue weighted by Crippen LogP contribution is -2.17. The molecule has 2 aromatic heterocycles. The van der Waals surface area contributed by atoms with E-state index in [1.165, 1.54) is 5.56 Å². The van der Waals surface area contributed by atoms with Gasteiger partial charge in [-0.2, -0.15) is 10.2 Å². The van der Waals surface area contributed by atoms with Gasteiger partial charge in [0.1, 0.15) is 5.15 Å². The lowest BCUT2D eigenvalue weighted by Gasteiger charge is -2.15. The molecule has 3 aromatic rings. The fraction of sp³-hybridized carbons (Fsp3) is 0.333. The number of aromatic nitrogens is 4. The lowest BCUT2D eigenvalue weighted by molar-refractivity contribution is 0.318. The van der Waals surface area contributed by atoms with Crippen molar-refractivity contribution >= 4 is 11.6 Å². The van der Waals surface area contributed by atoms with Crippen molar-refractivity contribution in [1.29, 1.82) is 0 Å². The molecule has 0 saturated heterocycles. The van der Waals surface area contributed by atoms with Crippen LogP contribution in [0.25, 0.3) is 5.69 Å². The maximum Gasteiger partial charge on any atom is 0.131 e. The van der Waals surface area contributed by atoms with Crippen molar-refractivity contribution in [3.63, 3.8) is 0 Å². The molecule has 0 aliphatic rings. The molecular formula is C18H22ClN5. The van der Waals surface area contributed by atoms with E-state index in [1.54, 1.807) is 4.68 Å². The van der Waals surface area contributed by atoms with Crippen LogP contribution in [0.4, 0.5) is 0 Å². The maximum absolute atomic E-state index is 6.38. The predicted molar refractivity (Wildman–Crippen MR) is 96.3 cm³/mol. The van der Waals surface area contributed by atoms with Gasteiger partial charge in [-0.3, -0.25) is 9.58 Å².